The summed E-state index contributed by atoms with van der Waals surface area (Å²) in [5.41, 5.74) is 14.4. The van der Waals surface area contributed by atoms with E-state index in [1.54, 1.807) is 0 Å². The summed E-state index contributed by atoms with van der Waals surface area (Å²) in [6, 6.07) is 31.2. The molecule has 4 aromatic carbocycles. The summed E-state index contributed by atoms with van der Waals surface area (Å²) in [6.07, 6.45) is 4.77. The molecule has 2 aliphatic carbocycles. The molecule has 0 saturated carbocycles. The Morgan fingerprint density at radius 1 is 0.550 bits per heavy atom. The van der Waals surface area contributed by atoms with E-state index in [0.29, 0.717) is 0 Å². The van der Waals surface area contributed by atoms with Gasteiger partial charge in [0.1, 0.15) is 0 Å². The van der Waals surface area contributed by atoms with Crippen molar-refractivity contribution in [2.45, 2.75) is 48.0 Å². The third-order valence-corrected chi connectivity index (χ3v) is 56.3. The molecule has 0 spiro atoms. The molecule has 0 amide bonds. The Labute approximate surface area is 247 Å². The molecule has 4 aromatic rings. The number of allylic oxidation sites excluding steroid dienone is 2. The van der Waals surface area contributed by atoms with Gasteiger partial charge in [0.15, 0.2) is 0 Å². The average molecular weight is 659 g/mol. The predicted molar refractivity (Wildman–Crippen MR) is 175 cm³/mol. The molecule has 2 atom stereocenters. The van der Waals surface area contributed by atoms with Gasteiger partial charge in [0.25, 0.3) is 0 Å². The molecule has 2 unspecified atom stereocenters. The third-order valence-electron chi connectivity index (χ3n) is 9.30. The fourth-order valence-electron chi connectivity index (χ4n) is 7.22. The molecular formula is C36H36Cl2SiZr. The SMILES string of the molecule is CC1=Cc2c(-c3ccc(C)cc3)cccc2[CH]1[Zr]([Cl])([Cl])([CH]1C(C)=Cc2c(-c3ccc(C)cc3)cccc21)=[Si](C)C. The summed E-state index contributed by atoms with van der Waals surface area (Å²) in [5, 5.41) is 0. The molecule has 4 heteroatoms. The Hall–Kier alpha value is -1.96. The van der Waals surface area contributed by atoms with Crippen LogP contribution in [0.25, 0.3) is 34.4 Å². The molecule has 2 aliphatic rings. The first-order valence-electron chi connectivity index (χ1n) is 14.1. The summed E-state index contributed by atoms with van der Waals surface area (Å²) < 4.78 is 0.188. The van der Waals surface area contributed by atoms with Crippen molar-refractivity contribution in [3.8, 4) is 22.3 Å². The van der Waals surface area contributed by atoms with Gasteiger partial charge in [-0.3, -0.25) is 0 Å². The average Bonchev–Trinajstić information content (AvgIpc) is 3.46. The van der Waals surface area contributed by atoms with Gasteiger partial charge in [0.05, 0.1) is 0 Å². The maximum absolute atomic E-state index is 8.36. The van der Waals surface area contributed by atoms with E-state index in [2.05, 4.69) is 138 Å². The Bertz CT molecular complexity index is 1670. The summed E-state index contributed by atoms with van der Waals surface area (Å²) >= 11 is -4.69. The van der Waals surface area contributed by atoms with Crippen LogP contribution in [0.2, 0.25) is 13.1 Å². The van der Waals surface area contributed by atoms with Crippen LogP contribution in [0.1, 0.15) is 54.5 Å². The zero-order valence-corrected chi connectivity index (χ0v) is 29.1. The van der Waals surface area contributed by atoms with Crippen molar-refractivity contribution >= 4 is 34.6 Å². The molecule has 0 aliphatic heterocycles. The van der Waals surface area contributed by atoms with Crippen LogP contribution < -0.4 is 0 Å². The van der Waals surface area contributed by atoms with E-state index in [1.807, 2.05) is 0 Å². The normalized spacial score (nSPS) is 18.2. The molecule has 40 heavy (non-hydrogen) atoms. The van der Waals surface area contributed by atoms with Crippen LogP contribution in [0.5, 0.6) is 0 Å². The first-order valence-corrected chi connectivity index (χ1v) is 29.5. The van der Waals surface area contributed by atoms with Gasteiger partial charge in [-0.2, -0.15) is 0 Å². The van der Waals surface area contributed by atoms with Gasteiger partial charge in [-0.25, -0.2) is 0 Å². The predicted octanol–water partition coefficient (Wildman–Crippen LogP) is 11.5. The van der Waals surface area contributed by atoms with Gasteiger partial charge < -0.3 is 0 Å². The van der Waals surface area contributed by atoms with E-state index in [9.17, 15) is 0 Å². The van der Waals surface area contributed by atoms with Crippen molar-refractivity contribution in [3.63, 3.8) is 0 Å². The van der Waals surface area contributed by atoms with Crippen molar-refractivity contribution < 1.29 is 15.0 Å². The van der Waals surface area contributed by atoms with E-state index < -0.39 is 20.4 Å². The summed E-state index contributed by atoms with van der Waals surface area (Å²) in [6.45, 7) is 13.6. The van der Waals surface area contributed by atoms with Gasteiger partial charge in [-0.05, 0) is 0 Å². The fourth-order valence-corrected chi connectivity index (χ4v) is 37.7. The van der Waals surface area contributed by atoms with Crippen molar-refractivity contribution in [2.75, 3.05) is 0 Å². The number of fused-ring (bicyclic) bond motifs is 2. The Morgan fingerprint density at radius 2 is 0.925 bits per heavy atom. The van der Waals surface area contributed by atoms with E-state index in [-0.39, 0.29) is 7.25 Å². The molecule has 6 rings (SSSR count). The minimum absolute atomic E-state index is 0.0939. The summed E-state index contributed by atoms with van der Waals surface area (Å²) in [7, 11) is 16.7. The second-order valence-electron chi connectivity index (χ2n) is 12.1. The number of hydrogen-bond acceptors (Lipinski definition) is 0. The quantitative estimate of drug-likeness (QED) is 0.191. The Balaban J connectivity index is 1.56. The summed E-state index contributed by atoms with van der Waals surface area (Å²) in [5.74, 6) is 0. The van der Waals surface area contributed by atoms with Gasteiger partial charge in [0.2, 0.25) is 0 Å². The van der Waals surface area contributed by atoms with Gasteiger partial charge >= 0.3 is 249 Å². The number of benzene rings is 4. The number of halogens is 2. The number of rotatable bonds is 4. The zero-order valence-electron chi connectivity index (χ0n) is 24.1. The zero-order chi connectivity index (χ0) is 28.4. The van der Waals surface area contributed by atoms with Crippen molar-refractivity contribution in [1.82, 2.24) is 0 Å². The maximum atomic E-state index is 8.36. The van der Waals surface area contributed by atoms with Crippen LogP contribution >= 0.6 is 17.0 Å². The molecule has 202 valence electrons. The van der Waals surface area contributed by atoms with Gasteiger partial charge in [-0.1, -0.05) is 0 Å². The minimum atomic E-state index is -4.69. The monoisotopic (exact) mass is 656 g/mol. The van der Waals surface area contributed by atoms with Gasteiger partial charge in [0, 0.05) is 0 Å². The second kappa shape index (κ2) is 10.1. The molecule has 0 aromatic heterocycles. The molecule has 0 fully saturated rings. The van der Waals surface area contributed by atoms with Gasteiger partial charge in [-0.15, -0.1) is 0 Å². The number of aryl methyl sites for hydroxylation is 2. The van der Waals surface area contributed by atoms with E-state index in [0.717, 1.165) is 0 Å². The van der Waals surface area contributed by atoms with Crippen LogP contribution in [-0.4, -0.2) is 5.43 Å². The Morgan fingerprint density at radius 3 is 1.27 bits per heavy atom. The molecule has 0 saturated heterocycles. The van der Waals surface area contributed by atoms with Crippen LogP contribution in [0, 0.1) is 13.8 Å². The van der Waals surface area contributed by atoms with Crippen LogP contribution in [0.15, 0.2) is 96.1 Å². The standard InChI is InChI=1S/2C17H15.C2H6Si.2ClH.Zr/c2*1-12-6-8-14(9-7-12)16-5-3-4-15-10-13(2)11-17(15)16;1-3-2;;;/h2*3-11H,1-2H3;1-2H3;2*1H;/q;;;;;+2/p-2. The fraction of sp³-hybridized carbons (Fsp3) is 0.222. The molecule has 0 radical (unpaired) electrons. The van der Waals surface area contributed by atoms with Crippen molar-refractivity contribution in [3.05, 3.63) is 129 Å². The molecule has 0 heterocycles. The first kappa shape index (κ1) is 28.2. The number of hydrogen-bond donors (Lipinski definition) is 0. The second-order valence-corrected chi connectivity index (χ2v) is 50.9. The third kappa shape index (κ3) is 4.25. The van der Waals surface area contributed by atoms with E-state index >= 15 is 0 Å². The van der Waals surface area contributed by atoms with E-state index in [1.165, 1.54) is 66.8 Å². The van der Waals surface area contributed by atoms with Crippen LogP contribution in [-0.2, 0) is 15.0 Å². The Kier molecular flexibility index (Phi) is 7.11. The first-order chi connectivity index (χ1) is 19.0. The summed E-state index contributed by atoms with van der Waals surface area (Å²) in [4.78, 5) is 0. The molecule has 0 nitrogen and oxygen atoms in total. The van der Waals surface area contributed by atoms with Crippen LogP contribution in [0.4, 0.5) is 0 Å². The topological polar surface area (TPSA) is 0 Å². The van der Waals surface area contributed by atoms with Crippen molar-refractivity contribution in [2.24, 2.45) is 0 Å². The molecule has 0 N–H and O–H groups in total. The van der Waals surface area contributed by atoms with E-state index in [4.69, 9.17) is 17.0 Å². The molecule has 0 bridgehead atoms. The van der Waals surface area contributed by atoms with Crippen LogP contribution in [0.3, 0.4) is 0 Å². The van der Waals surface area contributed by atoms with Crippen molar-refractivity contribution in [1.29, 1.82) is 0 Å². The molecular weight excluding hydrogens is 623 g/mol.